The molecule has 0 bridgehead atoms. The summed E-state index contributed by atoms with van der Waals surface area (Å²) in [5.74, 6) is -72.8. The molecule has 5 aromatic carbocycles. The van der Waals surface area contributed by atoms with Gasteiger partial charge >= 0.3 is 6.08 Å². The van der Waals surface area contributed by atoms with E-state index in [0.717, 1.165) is 10.8 Å². The quantitative estimate of drug-likeness (QED) is 0.0517. The van der Waals surface area contributed by atoms with Crippen molar-refractivity contribution in [1.82, 2.24) is 0 Å². The van der Waals surface area contributed by atoms with Gasteiger partial charge in [0.25, 0.3) is 0 Å². The van der Waals surface area contributed by atoms with E-state index in [9.17, 15) is 65.9 Å². The van der Waals surface area contributed by atoms with E-state index >= 15 is 35.1 Å². The van der Waals surface area contributed by atoms with Crippen molar-refractivity contribution in [2.24, 2.45) is 0 Å². The fourth-order valence-corrected chi connectivity index (χ4v) is 6.37. The van der Waals surface area contributed by atoms with Crippen LogP contribution in [0.4, 0.5) is 101 Å². The molecule has 1 aromatic heterocycles. The molecule has 0 spiro atoms. The first kappa shape index (κ1) is 45.8. The number of pyridine rings is 1. The van der Waals surface area contributed by atoms with E-state index in [-0.39, 0.29) is 0 Å². The first-order chi connectivity index (χ1) is 28.4. The van der Waals surface area contributed by atoms with Crippen molar-refractivity contribution >= 4 is 38.8 Å². The number of nitrogens with zero attached hydrogens (tertiary/aromatic N) is 1. The zero-order chi connectivity index (χ0) is 45.9. The first-order valence-corrected chi connectivity index (χ1v) is 15.7. The molecule has 0 fully saturated rings. The van der Waals surface area contributed by atoms with Gasteiger partial charge in [-0.2, -0.15) is 17.7 Å². The lowest BCUT2D eigenvalue weighted by atomic mass is 9.12. The molecule has 6 rings (SSSR count). The molecule has 0 saturated heterocycles. The molecule has 0 N–H and O–H groups in total. The monoisotopic (exact) mass is 903 g/mol. The Morgan fingerprint density at radius 1 is 0.344 bits per heavy atom. The van der Waals surface area contributed by atoms with Crippen molar-refractivity contribution in [3.05, 3.63) is 171 Å². The number of allylic oxidation sites excluding steroid dienone is 1. The minimum absolute atomic E-state index is 0.437. The smallest absolute Gasteiger partial charge is 0.207 e. The third-order valence-corrected chi connectivity index (χ3v) is 8.98. The molecule has 0 saturated carbocycles. The Hall–Kier alpha value is -6.30. The Kier molecular flexibility index (Phi) is 12.5. The van der Waals surface area contributed by atoms with Gasteiger partial charge in [0, 0.05) is 11.5 Å². The Bertz CT molecular complexity index is 2440. The van der Waals surface area contributed by atoms with Crippen molar-refractivity contribution in [1.29, 1.82) is 0 Å². The Balaban J connectivity index is 0.000000366. The van der Waals surface area contributed by atoms with Gasteiger partial charge < -0.3 is 0 Å². The molecular weight excluding hydrogens is 894 g/mol. The maximum Gasteiger partial charge on any atom is 0.308 e. The molecule has 0 unspecified atom stereocenters. The van der Waals surface area contributed by atoms with Gasteiger partial charge in [-0.25, -0.2) is 87.8 Å². The molecule has 322 valence electrons. The summed E-state index contributed by atoms with van der Waals surface area (Å²) in [5, 5.41) is 1.88. The second-order valence-electron chi connectivity index (χ2n) is 12.2. The second kappa shape index (κ2) is 16.6. The number of halogens is 23. The van der Waals surface area contributed by atoms with Gasteiger partial charge in [-0.05, 0) is 11.5 Å². The maximum absolute atomic E-state index is 15.4. The lowest BCUT2D eigenvalue weighted by Crippen LogP contribution is -2.81. The summed E-state index contributed by atoms with van der Waals surface area (Å²) < 4.78 is 332. The molecule has 0 aliphatic carbocycles. The van der Waals surface area contributed by atoms with Crippen LogP contribution in [0.15, 0.2) is 54.6 Å². The highest BCUT2D eigenvalue weighted by molar-refractivity contribution is 7.20. The minimum Gasteiger partial charge on any atom is -0.207 e. The molecule has 0 radical (unpaired) electrons. The van der Waals surface area contributed by atoms with Crippen LogP contribution >= 0.6 is 0 Å². The van der Waals surface area contributed by atoms with Gasteiger partial charge in [-0.15, -0.1) is 21.9 Å². The van der Waals surface area contributed by atoms with E-state index in [1.807, 2.05) is 24.3 Å². The van der Waals surface area contributed by atoms with Gasteiger partial charge in [-0.1, -0.05) is 18.2 Å². The van der Waals surface area contributed by atoms with Crippen LogP contribution in [0.2, 0.25) is 0 Å². The van der Waals surface area contributed by atoms with Crippen LogP contribution in [-0.4, -0.2) is 6.15 Å². The molecule has 0 atom stereocenters. The highest BCUT2D eigenvalue weighted by Crippen LogP contribution is 2.31. The number of hydrogen-bond acceptors (Lipinski definition) is 0. The van der Waals surface area contributed by atoms with E-state index in [4.69, 9.17) is 0 Å². The lowest BCUT2D eigenvalue weighted by molar-refractivity contribution is -0.689. The summed E-state index contributed by atoms with van der Waals surface area (Å²) >= 11 is 0. The van der Waals surface area contributed by atoms with Gasteiger partial charge in [-0.3, -0.25) is 0 Å². The maximum atomic E-state index is 15.4. The fraction of sp³-hybridized carbons (Fsp3) is 0.0278. The number of hydrogen-bond donors (Lipinski definition) is 0. The zero-order valence-electron chi connectivity index (χ0n) is 28.5. The van der Waals surface area contributed by atoms with Gasteiger partial charge in [0.2, 0.25) is 12.4 Å². The molecule has 25 heteroatoms. The Morgan fingerprint density at radius 3 is 0.852 bits per heavy atom. The number of fused-ring (bicyclic) bond motifs is 1. The third-order valence-electron chi connectivity index (χ3n) is 8.98. The topological polar surface area (TPSA) is 3.88 Å². The van der Waals surface area contributed by atoms with Gasteiger partial charge in [0.05, 0.1) is 0 Å². The van der Waals surface area contributed by atoms with Crippen molar-refractivity contribution in [2.45, 2.75) is 6.54 Å². The third kappa shape index (κ3) is 7.15. The number of aromatic nitrogens is 1. The summed E-state index contributed by atoms with van der Waals surface area (Å²) in [6.45, 7) is -0.437. The highest BCUT2D eigenvalue weighted by Gasteiger charge is 2.52. The molecule has 61 heavy (non-hydrogen) atoms. The van der Waals surface area contributed by atoms with Gasteiger partial charge in [0.1, 0.15) is 52.7 Å². The molecule has 0 aliphatic heterocycles. The first-order valence-electron chi connectivity index (χ1n) is 15.7. The standard InChI is InChI=1S/C24BF20.C12H9F3N/c26-5-1(6(27)14(35)21(42)13(5)34)25(2-7(28)15(36)22(43)16(37)8(2)29,3-9(30)17(38)23(44)18(39)10(3)31)4-11(32)19(40)24(45)20(41)12(4)33;13-11(12(14)15)8-16-6-5-9-3-1-2-4-10(9)7-16/h;1-7H,8H2/q-1;+1. The molecule has 0 amide bonds. The Morgan fingerprint density at radius 2 is 0.590 bits per heavy atom. The van der Waals surface area contributed by atoms with Crippen molar-refractivity contribution in [3.63, 3.8) is 0 Å². The summed E-state index contributed by atoms with van der Waals surface area (Å²) in [6, 6.07) is 9.24. The minimum atomic E-state index is -7.22. The fourth-order valence-electron chi connectivity index (χ4n) is 6.37. The van der Waals surface area contributed by atoms with Crippen LogP contribution in [0.25, 0.3) is 10.8 Å². The SMILES string of the molecule is FC(F)=C(F)C[n+]1ccc2ccccc2c1.Fc1c(F)c(F)c([B-](c2c(F)c(F)c(F)c(F)c2F)(c2c(F)c(F)c(F)c(F)c2F)c2c(F)c(F)c(F)c(F)c2F)c(F)c1F. The van der Waals surface area contributed by atoms with Crippen molar-refractivity contribution in [3.8, 4) is 0 Å². The van der Waals surface area contributed by atoms with Gasteiger partial charge in [0.15, 0.2) is 82.2 Å². The lowest BCUT2D eigenvalue weighted by Gasteiger charge is -2.44. The largest absolute Gasteiger partial charge is 0.308 e. The molecule has 0 aliphatic rings. The van der Waals surface area contributed by atoms with Crippen LogP contribution in [0.3, 0.4) is 0 Å². The Labute approximate surface area is 322 Å². The molecular formula is C36H9BF23N. The normalized spacial score (nSPS) is 11.6. The predicted octanol–water partition coefficient (Wildman–Crippen LogP) is 9.05. The number of rotatable bonds is 6. The van der Waals surface area contributed by atoms with Crippen LogP contribution in [-0.2, 0) is 6.54 Å². The summed E-state index contributed by atoms with van der Waals surface area (Å²) in [4.78, 5) is 0. The van der Waals surface area contributed by atoms with E-state index in [0.29, 0.717) is 0 Å². The summed E-state index contributed by atoms with van der Waals surface area (Å²) in [7, 11) is 0. The van der Waals surface area contributed by atoms with Crippen LogP contribution in [0, 0.1) is 116 Å². The van der Waals surface area contributed by atoms with E-state index < -0.39 is 163 Å². The average molecular weight is 903 g/mol. The van der Waals surface area contributed by atoms with Crippen molar-refractivity contribution < 1.29 is 106 Å². The molecule has 1 heterocycles. The van der Waals surface area contributed by atoms with E-state index in [2.05, 4.69) is 0 Å². The molecule has 6 aromatic rings. The summed E-state index contributed by atoms with van der Waals surface area (Å²) in [5.41, 5.74) is -14.3. The average Bonchev–Trinajstić information content (AvgIpc) is 3.23. The van der Waals surface area contributed by atoms with E-state index in [1.54, 1.807) is 18.5 Å². The van der Waals surface area contributed by atoms with E-state index in [1.165, 1.54) is 4.57 Å². The highest BCUT2D eigenvalue weighted by atomic mass is 19.3. The predicted molar refractivity (Wildman–Crippen MR) is 164 cm³/mol. The van der Waals surface area contributed by atoms with Crippen LogP contribution in [0.1, 0.15) is 0 Å². The van der Waals surface area contributed by atoms with Crippen molar-refractivity contribution in [2.75, 3.05) is 0 Å². The molecule has 1 nitrogen and oxygen atoms in total. The van der Waals surface area contributed by atoms with Crippen LogP contribution < -0.4 is 26.4 Å². The summed E-state index contributed by atoms with van der Waals surface area (Å²) in [6.07, 6.45) is -6.27. The van der Waals surface area contributed by atoms with Crippen LogP contribution in [0.5, 0.6) is 0 Å². The second-order valence-corrected chi connectivity index (χ2v) is 12.2. The zero-order valence-corrected chi connectivity index (χ0v) is 28.5. The number of benzene rings is 5.